The molecule has 3 atom stereocenters. The van der Waals surface area contributed by atoms with Crippen LogP contribution in [0.15, 0.2) is 48.9 Å². The fraction of sp³-hybridized carbons (Fsp3) is 0.385. The number of amides is 1. The normalized spacial score (nSPS) is 22.8. The molecule has 1 saturated carbocycles. The first-order valence-electron chi connectivity index (χ1n) is 11.4. The van der Waals surface area contributed by atoms with Crippen molar-refractivity contribution in [3.63, 3.8) is 0 Å². The van der Waals surface area contributed by atoms with Gasteiger partial charge in [-0.05, 0) is 67.5 Å². The molecule has 2 aliphatic rings. The molecule has 0 bridgehead atoms. The Morgan fingerprint density at radius 3 is 2.65 bits per heavy atom. The van der Waals surface area contributed by atoms with E-state index in [1.54, 1.807) is 18.3 Å². The highest BCUT2D eigenvalue weighted by Crippen LogP contribution is 2.65. The van der Waals surface area contributed by atoms with E-state index < -0.39 is 29.7 Å². The number of benzene rings is 2. The van der Waals surface area contributed by atoms with Gasteiger partial charge in [-0.2, -0.15) is 0 Å². The lowest BCUT2D eigenvalue weighted by Gasteiger charge is -2.38. The van der Waals surface area contributed by atoms with Gasteiger partial charge in [-0.3, -0.25) is 4.79 Å². The first kappa shape index (κ1) is 22.5. The predicted octanol–water partition coefficient (Wildman–Crippen LogP) is 4.30. The molecule has 5 rings (SSSR count). The molecule has 8 heteroatoms. The third-order valence-electron chi connectivity index (χ3n) is 7.20. The van der Waals surface area contributed by atoms with Crippen molar-refractivity contribution in [2.45, 2.75) is 38.1 Å². The van der Waals surface area contributed by atoms with Crippen LogP contribution >= 0.6 is 0 Å². The van der Waals surface area contributed by atoms with E-state index in [0.717, 1.165) is 35.9 Å². The smallest absolute Gasteiger partial charge is 0.230 e. The summed E-state index contributed by atoms with van der Waals surface area (Å²) in [5.74, 6) is -0.797. The number of aromatic nitrogens is 2. The van der Waals surface area contributed by atoms with Gasteiger partial charge in [0.05, 0.1) is 42.9 Å². The van der Waals surface area contributed by atoms with Crippen LogP contribution < -0.4 is 4.74 Å². The summed E-state index contributed by atoms with van der Waals surface area (Å²) in [4.78, 5) is 19.5. The number of halogens is 2. The molecule has 1 aliphatic carbocycles. The number of ether oxygens (including phenoxy) is 1. The van der Waals surface area contributed by atoms with Crippen LogP contribution in [0.5, 0.6) is 5.75 Å². The molecule has 1 spiro atoms. The van der Waals surface area contributed by atoms with Crippen LogP contribution in [0.1, 0.15) is 48.0 Å². The summed E-state index contributed by atoms with van der Waals surface area (Å²) in [5, 5.41) is 10.1. The number of hydrogen-bond donors (Lipinski definition) is 1. The monoisotopic (exact) mass is 467 g/mol. The van der Waals surface area contributed by atoms with Crippen LogP contribution in [0, 0.1) is 24.0 Å². The molecule has 178 valence electrons. The largest absolute Gasteiger partial charge is 0.495 e. The lowest BCUT2D eigenvalue weighted by molar-refractivity contribution is -0.144. The van der Waals surface area contributed by atoms with Crippen molar-refractivity contribution in [2.75, 3.05) is 20.3 Å². The Hall–Kier alpha value is -3.26. The van der Waals surface area contributed by atoms with Crippen molar-refractivity contribution >= 4 is 5.91 Å². The quantitative estimate of drug-likeness (QED) is 0.587. The Bertz CT molecular complexity index is 1220. The molecule has 1 N–H and O–H groups in total. The number of imidazole rings is 1. The zero-order chi connectivity index (χ0) is 24.0. The third-order valence-corrected chi connectivity index (χ3v) is 7.20. The van der Waals surface area contributed by atoms with E-state index in [0.29, 0.717) is 18.7 Å². The first-order valence-corrected chi connectivity index (χ1v) is 11.4. The second-order valence-corrected chi connectivity index (χ2v) is 9.27. The molecule has 1 aromatic heterocycles. The number of nitrogens with zero attached hydrogens (tertiary/aromatic N) is 3. The molecule has 2 fully saturated rings. The number of methoxy groups -OCH3 is 1. The van der Waals surface area contributed by atoms with Crippen LogP contribution in [0.2, 0.25) is 0 Å². The topological polar surface area (TPSA) is 67.6 Å². The Labute approximate surface area is 196 Å². The second kappa shape index (κ2) is 8.51. The number of rotatable bonds is 6. The number of likely N-dealkylation sites (tertiary alicyclic amines) is 1. The predicted molar refractivity (Wildman–Crippen MR) is 122 cm³/mol. The SMILES string of the molecule is COc1cc(C2CC23CCCN(C(CO)c2cc(F)cc(F)c2)C3=O)ccc1-n1cnc(C)c1. The van der Waals surface area contributed by atoms with Crippen molar-refractivity contribution < 1.29 is 23.4 Å². The molecule has 3 unspecified atom stereocenters. The Morgan fingerprint density at radius 1 is 1.24 bits per heavy atom. The molecule has 1 aliphatic heterocycles. The van der Waals surface area contributed by atoms with Gasteiger partial charge in [-0.15, -0.1) is 0 Å². The van der Waals surface area contributed by atoms with Crippen molar-refractivity contribution in [2.24, 2.45) is 5.41 Å². The number of carbonyl (C=O) groups excluding carboxylic acids is 1. The lowest BCUT2D eigenvalue weighted by atomic mass is 9.87. The highest BCUT2D eigenvalue weighted by atomic mass is 19.1. The van der Waals surface area contributed by atoms with Gasteiger partial charge in [0.25, 0.3) is 0 Å². The summed E-state index contributed by atoms with van der Waals surface area (Å²) in [5.41, 5.74) is 2.49. The minimum atomic E-state index is -0.780. The summed E-state index contributed by atoms with van der Waals surface area (Å²) in [6.07, 6.45) is 5.86. The molecule has 34 heavy (non-hydrogen) atoms. The van der Waals surface area contributed by atoms with Gasteiger partial charge in [-0.25, -0.2) is 13.8 Å². The average molecular weight is 468 g/mol. The highest BCUT2D eigenvalue weighted by Gasteiger charge is 2.63. The minimum absolute atomic E-state index is 0.0267. The van der Waals surface area contributed by atoms with E-state index in [4.69, 9.17) is 4.74 Å². The van der Waals surface area contributed by atoms with Crippen LogP contribution in [-0.2, 0) is 4.79 Å². The van der Waals surface area contributed by atoms with Crippen LogP contribution in [-0.4, -0.2) is 45.7 Å². The van der Waals surface area contributed by atoms with Gasteiger partial charge < -0.3 is 19.3 Å². The fourth-order valence-electron chi connectivity index (χ4n) is 5.44. The lowest BCUT2D eigenvalue weighted by Crippen LogP contribution is -2.46. The maximum atomic E-state index is 13.8. The molecule has 1 saturated heterocycles. The Kier molecular flexibility index (Phi) is 5.64. The van der Waals surface area contributed by atoms with E-state index in [9.17, 15) is 18.7 Å². The van der Waals surface area contributed by atoms with Gasteiger partial charge in [-0.1, -0.05) is 6.07 Å². The zero-order valence-corrected chi connectivity index (χ0v) is 19.2. The number of aliphatic hydroxyl groups is 1. The van der Waals surface area contributed by atoms with E-state index in [-0.39, 0.29) is 17.4 Å². The van der Waals surface area contributed by atoms with Crippen LogP contribution in [0.25, 0.3) is 5.69 Å². The van der Waals surface area contributed by atoms with Gasteiger partial charge in [0, 0.05) is 18.8 Å². The third kappa shape index (κ3) is 3.76. The van der Waals surface area contributed by atoms with Crippen molar-refractivity contribution in [1.82, 2.24) is 14.5 Å². The maximum Gasteiger partial charge on any atom is 0.230 e. The zero-order valence-electron chi connectivity index (χ0n) is 19.2. The standard InChI is InChI=1S/C26H27F2N3O3/c1-16-13-30(15-29-16)22-5-4-17(10-24(22)34-2)21-12-26(21)6-3-7-31(25(26)33)23(14-32)18-8-19(27)11-20(28)9-18/h4-5,8-11,13,15,21,23,32H,3,6-7,12,14H2,1-2H3. The second-order valence-electron chi connectivity index (χ2n) is 9.27. The summed E-state index contributed by atoms with van der Waals surface area (Å²) >= 11 is 0. The summed E-state index contributed by atoms with van der Waals surface area (Å²) in [6.45, 7) is 1.96. The van der Waals surface area contributed by atoms with E-state index >= 15 is 0 Å². The van der Waals surface area contributed by atoms with Gasteiger partial charge in [0.2, 0.25) is 5.91 Å². The number of aryl methyl sites for hydroxylation is 1. The van der Waals surface area contributed by atoms with E-state index in [1.807, 2.05) is 35.9 Å². The number of carbonyl (C=O) groups is 1. The molecular formula is C26H27F2N3O3. The minimum Gasteiger partial charge on any atom is -0.495 e. The van der Waals surface area contributed by atoms with Crippen molar-refractivity contribution in [3.8, 4) is 11.4 Å². The summed E-state index contributed by atoms with van der Waals surface area (Å²) < 4.78 is 35.2. The van der Waals surface area contributed by atoms with E-state index in [1.165, 1.54) is 12.1 Å². The summed E-state index contributed by atoms with van der Waals surface area (Å²) in [7, 11) is 1.62. The molecule has 2 heterocycles. The molecular weight excluding hydrogens is 440 g/mol. The van der Waals surface area contributed by atoms with Gasteiger partial charge in [0.15, 0.2) is 0 Å². The highest BCUT2D eigenvalue weighted by molar-refractivity contribution is 5.88. The molecule has 3 aromatic rings. The Morgan fingerprint density at radius 2 is 2.00 bits per heavy atom. The first-order chi connectivity index (χ1) is 16.4. The molecule has 6 nitrogen and oxygen atoms in total. The van der Waals surface area contributed by atoms with Crippen molar-refractivity contribution in [3.05, 3.63) is 77.4 Å². The average Bonchev–Trinajstić information content (AvgIpc) is 3.37. The van der Waals surface area contributed by atoms with Gasteiger partial charge >= 0.3 is 0 Å². The molecule has 2 aromatic carbocycles. The Balaban J connectivity index is 1.42. The maximum absolute atomic E-state index is 13.8. The molecule has 0 radical (unpaired) electrons. The van der Waals surface area contributed by atoms with Gasteiger partial charge in [0.1, 0.15) is 17.4 Å². The fourth-order valence-corrected chi connectivity index (χ4v) is 5.44. The molecule has 1 amide bonds. The van der Waals surface area contributed by atoms with Crippen LogP contribution in [0.3, 0.4) is 0 Å². The van der Waals surface area contributed by atoms with Crippen molar-refractivity contribution in [1.29, 1.82) is 0 Å². The summed E-state index contributed by atoms with van der Waals surface area (Å²) in [6, 6.07) is 8.34. The number of aliphatic hydroxyl groups excluding tert-OH is 1. The van der Waals surface area contributed by atoms with E-state index in [2.05, 4.69) is 4.98 Å². The number of piperidine rings is 1. The number of hydrogen-bond acceptors (Lipinski definition) is 4. The van der Waals surface area contributed by atoms with Crippen LogP contribution in [0.4, 0.5) is 8.78 Å².